The standard InChI is InChI=1S/C16H16N2OS/c1-11(12-7-3-2-4-8-12)16(19)18-14-10-6-5-9-13(14)15(17)20/h2-11H,1H3,(H2,17,20)(H,18,19). The second-order valence-corrected chi connectivity index (χ2v) is 4.97. The number of thiocarbonyl (C=S) groups is 1. The van der Waals surface area contributed by atoms with Crippen molar-refractivity contribution >= 4 is 28.8 Å². The van der Waals surface area contributed by atoms with Crippen molar-refractivity contribution in [2.45, 2.75) is 12.8 Å². The Hall–Kier alpha value is -2.20. The summed E-state index contributed by atoms with van der Waals surface area (Å²) in [7, 11) is 0. The van der Waals surface area contributed by atoms with Crippen LogP contribution in [0.3, 0.4) is 0 Å². The van der Waals surface area contributed by atoms with Crippen LogP contribution in [-0.4, -0.2) is 10.9 Å². The van der Waals surface area contributed by atoms with Crippen molar-refractivity contribution in [3.63, 3.8) is 0 Å². The molecule has 0 radical (unpaired) electrons. The number of benzene rings is 2. The first-order valence-electron chi connectivity index (χ1n) is 6.34. The quantitative estimate of drug-likeness (QED) is 0.848. The minimum Gasteiger partial charge on any atom is -0.389 e. The molecule has 0 heterocycles. The molecule has 0 spiro atoms. The molecule has 1 unspecified atom stereocenters. The van der Waals surface area contributed by atoms with E-state index in [1.54, 1.807) is 12.1 Å². The first-order valence-corrected chi connectivity index (χ1v) is 6.75. The summed E-state index contributed by atoms with van der Waals surface area (Å²) in [6.45, 7) is 1.87. The predicted octanol–water partition coefficient (Wildman–Crippen LogP) is 3.06. The maximum absolute atomic E-state index is 12.3. The van der Waals surface area contributed by atoms with Crippen molar-refractivity contribution in [1.82, 2.24) is 0 Å². The molecule has 4 heteroatoms. The van der Waals surface area contributed by atoms with Crippen LogP contribution < -0.4 is 11.1 Å². The van der Waals surface area contributed by atoms with E-state index in [1.165, 1.54) is 0 Å². The minimum absolute atomic E-state index is 0.0834. The number of carbonyl (C=O) groups is 1. The zero-order valence-corrected chi connectivity index (χ0v) is 12.0. The fourth-order valence-electron chi connectivity index (χ4n) is 1.94. The molecule has 2 rings (SSSR count). The summed E-state index contributed by atoms with van der Waals surface area (Å²) in [5, 5.41) is 2.88. The molecule has 0 saturated carbocycles. The average molecular weight is 284 g/mol. The second-order valence-electron chi connectivity index (χ2n) is 4.53. The molecular formula is C16H16N2OS. The molecule has 0 fully saturated rings. The number of amides is 1. The average Bonchev–Trinajstić information content (AvgIpc) is 2.47. The highest BCUT2D eigenvalue weighted by Gasteiger charge is 2.16. The van der Waals surface area contributed by atoms with Crippen molar-refractivity contribution < 1.29 is 4.79 Å². The van der Waals surface area contributed by atoms with Crippen molar-refractivity contribution in [3.05, 3.63) is 65.7 Å². The highest BCUT2D eigenvalue weighted by molar-refractivity contribution is 7.80. The van der Waals surface area contributed by atoms with E-state index in [-0.39, 0.29) is 16.8 Å². The van der Waals surface area contributed by atoms with E-state index in [9.17, 15) is 4.79 Å². The highest BCUT2D eigenvalue weighted by atomic mass is 32.1. The zero-order valence-electron chi connectivity index (χ0n) is 11.2. The molecule has 2 aromatic carbocycles. The van der Waals surface area contributed by atoms with Gasteiger partial charge in [-0.05, 0) is 24.6 Å². The van der Waals surface area contributed by atoms with Crippen molar-refractivity contribution in [2.75, 3.05) is 5.32 Å². The van der Waals surface area contributed by atoms with E-state index >= 15 is 0 Å². The van der Waals surface area contributed by atoms with E-state index in [1.807, 2.05) is 49.4 Å². The summed E-state index contributed by atoms with van der Waals surface area (Å²) in [5.41, 5.74) is 7.95. The largest absolute Gasteiger partial charge is 0.389 e. The van der Waals surface area contributed by atoms with Crippen LogP contribution in [0.2, 0.25) is 0 Å². The first-order chi connectivity index (χ1) is 9.59. The number of nitrogens with two attached hydrogens (primary N) is 1. The molecular weight excluding hydrogens is 268 g/mol. The number of para-hydroxylation sites is 1. The monoisotopic (exact) mass is 284 g/mol. The van der Waals surface area contributed by atoms with E-state index in [4.69, 9.17) is 18.0 Å². The van der Waals surface area contributed by atoms with Crippen molar-refractivity contribution in [2.24, 2.45) is 5.73 Å². The zero-order chi connectivity index (χ0) is 14.5. The van der Waals surface area contributed by atoms with Crippen molar-refractivity contribution in [3.8, 4) is 0 Å². The Kier molecular flexibility index (Phi) is 4.48. The van der Waals surface area contributed by atoms with Gasteiger partial charge in [0.1, 0.15) is 4.99 Å². The molecule has 2 aromatic rings. The molecule has 0 aliphatic heterocycles. The van der Waals surface area contributed by atoms with Gasteiger partial charge in [-0.25, -0.2) is 0 Å². The Morgan fingerprint density at radius 1 is 1.10 bits per heavy atom. The molecule has 1 atom stereocenters. The summed E-state index contributed by atoms with van der Waals surface area (Å²) in [4.78, 5) is 12.6. The van der Waals surface area contributed by atoms with Crippen LogP contribution in [0.15, 0.2) is 54.6 Å². The summed E-state index contributed by atoms with van der Waals surface area (Å²) in [6.07, 6.45) is 0. The molecule has 0 aliphatic carbocycles. The fraction of sp³-hybridized carbons (Fsp3) is 0.125. The Bertz CT molecular complexity index is 625. The number of hydrogen-bond donors (Lipinski definition) is 2. The van der Waals surface area contributed by atoms with Crippen LogP contribution in [0.1, 0.15) is 24.0 Å². The lowest BCUT2D eigenvalue weighted by molar-refractivity contribution is -0.117. The van der Waals surface area contributed by atoms with Crippen LogP contribution in [0, 0.1) is 0 Å². The lowest BCUT2D eigenvalue weighted by atomic mass is 10.0. The van der Waals surface area contributed by atoms with Crippen LogP contribution in [0.5, 0.6) is 0 Å². The third kappa shape index (κ3) is 3.22. The highest BCUT2D eigenvalue weighted by Crippen LogP contribution is 2.20. The Morgan fingerprint density at radius 3 is 2.35 bits per heavy atom. The topological polar surface area (TPSA) is 55.1 Å². The Labute approximate surface area is 123 Å². The van der Waals surface area contributed by atoms with E-state index < -0.39 is 0 Å². The van der Waals surface area contributed by atoms with Crippen LogP contribution in [0.25, 0.3) is 0 Å². The molecule has 0 saturated heterocycles. The minimum atomic E-state index is -0.240. The normalized spacial score (nSPS) is 11.7. The predicted molar refractivity (Wildman–Crippen MR) is 85.8 cm³/mol. The molecule has 0 bridgehead atoms. The molecule has 0 aliphatic rings. The maximum Gasteiger partial charge on any atom is 0.231 e. The number of rotatable bonds is 4. The molecule has 20 heavy (non-hydrogen) atoms. The van der Waals surface area contributed by atoms with Gasteiger partial charge in [0.2, 0.25) is 5.91 Å². The van der Waals surface area contributed by atoms with Gasteiger partial charge in [-0.1, -0.05) is 54.7 Å². The van der Waals surface area contributed by atoms with Crippen LogP contribution in [-0.2, 0) is 4.79 Å². The van der Waals surface area contributed by atoms with Gasteiger partial charge < -0.3 is 11.1 Å². The smallest absolute Gasteiger partial charge is 0.231 e. The fourth-order valence-corrected chi connectivity index (χ4v) is 2.12. The molecule has 1 amide bonds. The van der Waals surface area contributed by atoms with E-state index in [2.05, 4.69) is 5.32 Å². The van der Waals surface area contributed by atoms with E-state index in [0.717, 1.165) is 5.56 Å². The number of anilines is 1. The number of carbonyl (C=O) groups excluding carboxylic acids is 1. The van der Waals surface area contributed by atoms with Gasteiger partial charge in [0.25, 0.3) is 0 Å². The lowest BCUT2D eigenvalue weighted by Crippen LogP contribution is -2.21. The van der Waals surface area contributed by atoms with Gasteiger partial charge in [-0.2, -0.15) is 0 Å². The van der Waals surface area contributed by atoms with E-state index in [0.29, 0.717) is 11.3 Å². The lowest BCUT2D eigenvalue weighted by Gasteiger charge is -2.14. The summed E-state index contributed by atoms with van der Waals surface area (Å²) < 4.78 is 0. The third-order valence-electron chi connectivity index (χ3n) is 3.14. The maximum atomic E-state index is 12.3. The summed E-state index contributed by atoms with van der Waals surface area (Å²) >= 11 is 4.99. The number of nitrogens with one attached hydrogen (secondary N) is 1. The second kappa shape index (κ2) is 6.30. The summed E-state index contributed by atoms with van der Waals surface area (Å²) in [6, 6.07) is 16.9. The Balaban J connectivity index is 2.18. The number of hydrogen-bond acceptors (Lipinski definition) is 2. The SMILES string of the molecule is CC(C(=O)Nc1ccccc1C(N)=S)c1ccccc1. The van der Waals surface area contributed by atoms with Gasteiger partial charge in [-0.3, -0.25) is 4.79 Å². The van der Waals surface area contributed by atoms with Gasteiger partial charge in [0, 0.05) is 5.56 Å². The van der Waals surface area contributed by atoms with Gasteiger partial charge in [0.05, 0.1) is 11.6 Å². The molecule has 3 nitrogen and oxygen atoms in total. The molecule has 0 aromatic heterocycles. The Morgan fingerprint density at radius 2 is 1.70 bits per heavy atom. The van der Waals surface area contributed by atoms with Gasteiger partial charge in [-0.15, -0.1) is 0 Å². The van der Waals surface area contributed by atoms with Gasteiger partial charge >= 0.3 is 0 Å². The van der Waals surface area contributed by atoms with Crippen LogP contribution in [0.4, 0.5) is 5.69 Å². The first kappa shape index (κ1) is 14.2. The molecule has 3 N–H and O–H groups in total. The summed E-state index contributed by atoms with van der Waals surface area (Å²) in [5.74, 6) is -0.324. The molecule has 102 valence electrons. The third-order valence-corrected chi connectivity index (χ3v) is 3.36. The van der Waals surface area contributed by atoms with Crippen LogP contribution >= 0.6 is 12.2 Å². The van der Waals surface area contributed by atoms with Crippen molar-refractivity contribution in [1.29, 1.82) is 0 Å². The van der Waals surface area contributed by atoms with Gasteiger partial charge in [0.15, 0.2) is 0 Å².